The van der Waals surface area contributed by atoms with Crippen LogP contribution in [0.1, 0.15) is 48.8 Å². The van der Waals surface area contributed by atoms with Crippen molar-refractivity contribution in [1.29, 1.82) is 0 Å². The number of hydrogen-bond donors (Lipinski definition) is 2. The van der Waals surface area contributed by atoms with E-state index in [9.17, 15) is 24.6 Å². The minimum atomic E-state index is -1.14. The molecule has 11 heteroatoms. The average molecular weight is 585 g/mol. The Morgan fingerprint density at radius 2 is 1.74 bits per heavy atom. The molecular weight excluding hydrogens is 548 g/mol. The summed E-state index contributed by atoms with van der Waals surface area (Å²) in [4.78, 5) is 45.7. The summed E-state index contributed by atoms with van der Waals surface area (Å²) in [5, 5.41) is 25.2. The smallest absolute Gasteiger partial charge is 0.407 e. The quantitative estimate of drug-likeness (QED) is 0.355. The molecule has 0 saturated carbocycles. The van der Waals surface area contributed by atoms with Crippen LogP contribution in [0.2, 0.25) is 0 Å². The fourth-order valence-electron chi connectivity index (χ4n) is 6.33. The number of aliphatic hydroxyl groups is 1. The van der Waals surface area contributed by atoms with Crippen molar-refractivity contribution < 1.29 is 19.8 Å². The van der Waals surface area contributed by atoms with Crippen molar-refractivity contribution in [3.63, 3.8) is 0 Å². The van der Waals surface area contributed by atoms with Crippen molar-refractivity contribution in [3.8, 4) is 11.3 Å². The average Bonchev–Trinajstić information content (AvgIpc) is 3.35. The van der Waals surface area contributed by atoms with Gasteiger partial charge in [-0.2, -0.15) is 5.10 Å². The number of amides is 2. The number of aryl methyl sites for hydroxylation is 1. The number of aromatic nitrogens is 4. The molecule has 0 aliphatic carbocycles. The Labute approximate surface area is 249 Å². The van der Waals surface area contributed by atoms with Gasteiger partial charge in [0.1, 0.15) is 5.52 Å². The largest absolute Gasteiger partial charge is 0.465 e. The second-order valence-electron chi connectivity index (χ2n) is 11.9. The van der Waals surface area contributed by atoms with Crippen LogP contribution in [0.15, 0.2) is 59.7 Å². The Kier molecular flexibility index (Phi) is 7.51. The van der Waals surface area contributed by atoms with Gasteiger partial charge in [-0.25, -0.2) is 9.78 Å². The molecule has 224 valence electrons. The number of carboxylic acid groups (broad SMARTS) is 1. The lowest BCUT2D eigenvalue weighted by Gasteiger charge is -2.38. The van der Waals surface area contributed by atoms with Crippen molar-refractivity contribution in [2.24, 2.45) is 7.05 Å². The highest BCUT2D eigenvalue weighted by Crippen LogP contribution is 2.30. The number of carbonyl (C=O) groups is 2. The lowest BCUT2D eigenvalue weighted by atomic mass is 9.90. The molecule has 11 nitrogen and oxygen atoms in total. The van der Waals surface area contributed by atoms with Gasteiger partial charge in [0.05, 0.1) is 24.2 Å². The van der Waals surface area contributed by atoms with Crippen molar-refractivity contribution in [2.45, 2.75) is 57.2 Å². The molecule has 0 spiro atoms. The number of fused-ring (bicyclic) bond motifs is 2. The molecule has 6 rings (SSSR count). The molecule has 1 saturated heterocycles. The number of benzene rings is 2. The van der Waals surface area contributed by atoms with Crippen LogP contribution < -0.4 is 5.56 Å². The van der Waals surface area contributed by atoms with Crippen LogP contribution in [-0.2, 0) is 31.4 Å². The zero-order valence-electron chi connectivity index (χ0n) is 24.4. The molecule has 2 aliphatic heterocycles. The van der Waals surface area contributed by atoms with Gasteiger partial charge in [-0.1, -0.05) is 49.4 Å². The normalized spacial score (nSPS) is 17.1. The van der Waals surface area contributed by atoms with Crippen molar-refractivity contribution in [2.75, 3.05) is 19.6 Å². The lowest BCUT2D eigenvalue weighted by Crippen LogP contribution is -2.49. The minimum absolute atomic E-state index is 0.0704. The van der Waals surface area contributed by atoms with E-state index in [4.69, 9.17) is 0 Å². The van der Waals surface area contributed by atoms with Crippen LogP contribution >= 0.6 is 0 Å². The van der Waals surface area contributed by atoms with Crippen LogP contribution in [0.5, 0.6) is 0 Å². The van der Waals surface area contributed by atoms with Crippen LogP contribution in [0.3, 0.4) is 0 Å². The first-order valence-electron chi connectivity index (χ1n) is 14.7. The van der Waals surface area contributed by atoms with Crippen molar-refractivity contribution >= 4 is 23.0 Å². The van der Waals surface area contributed by atoms with E-state index in [1.54, 1.807) is 16.6 Å². The molecule has 1 atom stereocenters. The number of nitrogens with zero attached hydrogens (tertiary/aromatic N) is 6. The maximum absolute atomic E-state index is 13.5. The third-order valence-corrected chi connectivity index (χ3v) is 8.94. The maximum Gasteiger partial charge on any atom is 0.407 e. The number of rotatable bonds is 6. The summed E-state index contributed by atoms with van der Waals surface area (Å²) in [6.45, 7) is 3.76. The molecule has 2 aromatic heterocycles. The van der Waals surface area contributed by atoms with Gasteiger partial charge in [0, 0.05) is 45.2 Å². The molecule has 1 fully saturated rings. The van der Waals surface area contributed by atoms with E-state index < -0.39 is 11.7 Å². The van der Waals surface area contributed by atoms with Crippen LogP contribution in [0.25, 0.3) is 22.3 Å². The van der Waals surface area contributed by atoms with E-state index >= 15 is 0 Å². The molecule has 0 radical (unpaired) electrons. The van der Waals surface area contributed by atoms with Gasteiger partial charge in [0.25, 0.3) is 5.56 Å². The molecule has 0 unspecified atom stereocenters. The molecule has 4 aromatic rings. The Morgan fingerprint density at radius 3 is 2.47 bits per heavy atom. The Bertz CT molecular complexity index is 1740. The zero-order valence-corrected chi connectivity index (χ0v) is 24.4. The molecule has 2 aromatic carbocycles. The minimum Gasteiger partial charge on any atom is -0.465 e. The van der Waals surface area contributed by atoms with Gasteiger partial charge in [0.2, 0.25) is 5.91 Å². The topological polar surface area (TPSA) is 134 Å². The third-order valence-electron chi connectivity index (χ3n) is 8.94. The standard InChI is InChI=1S/C32H36N6O5/c1-21(22-6-4-3-5-7-22)16-26(39)36-14-11-32(43,12-15-36)19-38-20-33-27-28(30(38)40)34-35(2)29(27)24-8-9-25-18-37(31(41)42)13-10-23(25)17-24/h3-9,17,20-21,43H,10-16,18-19H2,1-2H3,(H,41,42)/t21-/m1/s1. The molecule has 2 aliphatic rings. The summed E-state index contributed by atoms with van der Waals surface area (Å²) in [5.41, 5.74) is 3.96. The SMILES string of the molecule is C[C@H](CC(=O)N1CCC(O)(Cn2cnc3c(-c4ccc5c(c4)CCN(C(=O)O)C5)n(C)nc3c2=O)CC1)c1ccccc1. The van der Waals surface area contributed by atoms with Gasteiger partial charge in [-0.05, 0) is 47.9 Å². The second kappa shape index (κ2) is 11.3. The Hall–Kier alpha value is -4.51. The zero-order chi connectivity index (χ0) is 30.3. The van der Waals surface area contributed by atoms with Crippen molar-refractivity contribution in [1.82, 2.24) is 29.1 Å². The van der Waals surface area contributed by atoms with Gasteiger partial charge >= 0.3 is 6.09 Å². The fraction of sp³-hybridized carbons (Fsp3) is 0.406. The van der Waals surface area contributed by atoms with Crippen LogP contribution in [-0.4, -0.2) is 76.6 Å². The molecular formula is C32H36N6O5. The highest BCUT2D eigenvalue weighted by atomic mass is 16.4. The summed E-state index contributed by atoms with van der Waals surface area (Å²) in [6, 6.07) is 15.8. The molecule has 43 heavy (non-hydrogen) atoms. The monoisotopic (exact) mass is 584 g/mol. The summed E-state index contributed by atoms with van der Waals surface area (Å²) in [7, 11) is 1.77. The Morgan fingerprint density at radius 1 is 1.00 bits per heavy atom. The Balaban J connectivity index is 1.15. The number of likely N-dealkylation sites (tertiary alicyclic amines) is 1. The van der Waals surface area contributed by atoms with Crippen LogP contribution in [0, 0.1) is 0 Å². The first kappa shape index (κ1) is 28.6. The predicted octanol–water partition coefficient (Wildman–Crippen LogP) is 3.38. The van der Waals surface area contributed by atoms with Gasteiger partial charge in [0.15, 0.2) is 5.52 Å². The first-order valence-corrected chi connectivity index (χ1v) is 14.7. The first-order chi connectivity index (χ1) is 20.6. The lowest BCUT2D eigenvalue weighted by molar-refractivity contribution is -0.136. The number of hydrogen-bond acceptors (Lipinski definition) is 6. The van der Waals surface area contributed by atoms with Crippen LogP contribution in [0.4, 0.5) is 4.79 Å². The summed E-state index contributed by atoms with van der Waals surface area (Å²) < 4.78 is 3.06. The summed E-state index contributed by atoms with van der Waals surface area (Å²) in [5.74, 6) is 0.179. The van der Waals surface area contributed by atoms with Gasteiger partial charge in [-0.3, -0.25) is 18.8 Å². The van der Waals surface area contributed by atoms with E-state index in [1.807, 2.05) is 55.5 Å². The molecule has 0 bridgehead atoms. The second-order valence-corrected chi connectivity index (χ2v) is 11.9. The third kappa shape index (κ3) is 5.64. The molecule has 2 amide bonds. The van der Waals surface area contributed by atoms with E-state index in [2.05, 4.69) is 10.1 Å². The predicted molar refractivity (Wildman–Crippen MR) is 161 cm³/mol. The van der Waals surface area contributed by atoms with E-state index in [0.29, 0.717) is 63.1 Å². The van der Waals surface area contributed by atoms with E-state index in [1.165, 1.54) is 15.8 Å². The molecule has 4 heterocycles. The summed E-state index contributed by atoms with van der Waals surface area (Å²) >= 11 is 0. The van der Waals surface area contributed by atoms with Gasteiger partial charge < -0.3 is 20.0 Å². The van der Waals surface area contributed by atoms with E-state index in [-0.39, 0.29) is 29.4 Å². The molecule has 2 N–H and O–H groups in total. The number of carbonyl (C=O) groups excluding carboxylic acids is 1. The van der Waals surface area contributed by atoms with Gasteiger partial charge in [-0.15, -0.1) is 0 Å². The fourth-order valence-corrected chi connectivity index (χ4v) is 6.33. The number of piperidine rings is 1. The highest BCUT2D eigenvalue weighted by Gasteiger charge is 2.35. The van der Waals surface area contributed by atoms with E-state index in [0.717, 1.165) is 22.3 Å². The van der Waals surface area contributed by atoms with Crippen molar-refractivity contribution in [3.05, 3.63) is 81.9 Å². The highest BCUT2D eigenvalue weighted by molar-refractivity contribution is 5.89. The summed E-state index contributed by atoms with van der Waals surface area (Å²) in [6.07, 6.45) is 2.30. The maximum atomic E-state index is 13.5.